The van der Waals surface area contributed by atoms with Crippen molar-refractivity contribution in [2.24, 2.45) is 0 Å². The lowest BCUT2D eigenvalue weighted by atomic mass is 9.94. The zero-order valence-electron chi connectivity index (χ0n) is 7.00. The van der Waals surface area contributed by atoms with Crippen molar-refractivity contribution >= 4 is 13.3 Å². The summed E-state index contributed by atoms with van der Waals surface area (Å²) in [4.78, 5) is 0. The van der Waals surface area contributed by atoms with Gasteiger partial charge in [-0.05, 0) is 5.56 Å². The smallest absolute Gasteiger partial charge is 0.274 e. The summed E-state index contributed by atoms with van der Waals surface area (Å²) in [5, 5.41) is 8.34. The molecule has 68 valence electrons. The third-order valence-corrected chi connectivity index (χ3v) is 1.67. The first kappa shape index (κ1) is 10.2. The topological polar surface area (TPSA) is 20.2 Å². The number of benzene rings is 1. The van der Waals surface area contributed by atoms with Gasteiger partial charge >= 0.3 is 0 Å². The molecule has 0 aromatic heterocycles. The molecule has 1 aromatic carbocycles. The Bertz CT molecular complexity index is 271. The fourth-order valence-corrected chi connectivity index (χ4v) is 0.990. The van der Waals surface area contributed by atoms with E-state index in [0.717, 1.165) is 0 Å². The van der Waals surface area contributed by atoms with Crippen LogP contribution in [0.2, 0.25) is 0 Å². The van der Waals surface area contributed by atoms with E-state index in [4.69, 9.17) is 13.0 Å². The molecular formula is C9H9BF2O. The molecule has 0 atom stereocenters. The van der Waals surface area contributed by atoms with E-state index in [1.54, 1.807) is 12.1 Å². The van der Waals surface area contributed by atoms with Crippen LogP contribution >= 0.6 is 0 Å². The molecule has 0 saturated carbocycles. The van der Waals surface area contributed by atoms with Gasteiger partial charge in [0.15, 0.2) is 0 Å². The minimum atomic E-state index is -3.05. The van der Waals surface area contributed by atoms with Gasteiger partial charge in [-0.2, -0.15) is 0 Å². The average Bonchev–Trinajstić information content (AvgIpc) is 2.09. The second-order valence-electron chi connectivity index (χ2n) is 2.93. The van der Waals surface area contributed by atoms with E-state index < -0.39 is 19.0 Å². The molecule has 1 rings (SSSR count). The van der Waals surface area contributed by atoms with Crippen LogP contribution in [-0.2, 0) is 6.42 Å². The molecule has 0 aliphatic rings. The number of hydrogen-bond donors (Lipinski definition) is 1. The molecule has 0 unspecified atom stereocenters. The molecule has 1 N–H and O–H groups in total. The summed E-state index contributed by atoms with van der Waals surface area (Å²) in [6.07, 6.45) is -0.455. The van der Waals surface area contributed by atoms with Crippen molar-refractivity contribution < 1.29 is 13.9 Å². The Morgan fingerprint density at radius 1 is 1.23 bits per heavy atom. The van der Waals surface area contributed by atoms with Gasteiger partial charge in [0.05, 0.1) is 0 Å². The molecule has 0 saturated heterocycles. The van der Waals surface area contributed by atoms with Gasteiger partial charge in [-0.25, -0.2) is 8.78 Å². The van der Waals surface area contributed by atoms with Gasteiger partial charge in [0.1, 0.15) is 14.5 Å². The van der Waals surface area contributed by atoms with Crippen LogP contribution in [0.25, 0.3) is 0 Å². The monoisotopic (exact) mass is 182 g/mol. The lowest BCUT2D eigenvalue weighted by molar-refractivity contribution is -0.0488. The lowest BCUT2D eigenvalue weighted by Gasteiger charge is -2.12. The zero-order valence-corrected chi connectivity index (χ0v) is 7.00. The molecule has 13 heavy (non-hydrogen) atoms. The summed E-state index contributed by atoms with van der Waals surface area (Å²) in [5.74, 6) is -3.05. The summed E-state index contributed by atoms with van der Waals surface area (Å²) in [5.41, 5.74) is 1.00. The van der Waals surface area contributed by atoms with Crippen LogP contribution in [0.5, 0.6) is 0 Å². The summed E-state index contributed by atoms with van der Waals surface area (Å²) < 4.78 is 25.3. The van der Waals surface area contributed by atoms with Crippen LogP contribution < -0.4 is 5.46 Å². The van der Waals surface area contributed by atoms with Gasteiger partial charge in [0.25, 0.3) is 5.92 Å². The van der Waals surface area contributed by atoms with Crippen molar-refractivity contribution in [1.29, 1.82) is 0 Å². The SMILES string of the molecule is [B]c1ccc(CC(F)(F)CO)cc1. The number of aliphatic hydroxyl groups excluding tert-OH is 1. The highest BCUT2D eigenvalue weighted by molar-refractivity contribution is 6.32. The van der Waals surface area contributed by atoms with E-state index >= 15 is 0 Å². The van der Waals surface area contributed by atoms with Gasteiger partial charge in [-0.1, -0.05) is 29.7 Å². The first-order chi connectivity index (χ1) is 6.03. The molecule has 0 amide bonds. The number of alkyl halides is 2. The molecule has 0 fully saturated rings. The standard InChI is InChI=1S/C9H9BF2O/c10-8-3-1-7(2-4-8)5-9(11,12)6-13/h1-4,13H,5-6H2. The van der Waals surface area contributed by atoms with Crippen molar-refractivity contribution in [3.63, 3.8) is 0 Å². The van der Waals surface area contributed by atoms with Crippen molar-refractivity contribution in [3.8, 4) is 0 Å². The third-order valence-electron chi connectivity index (χ3n) is 1.67. The number of halogens is 2. The quantitative estimate of drug-likeness (QED) is 0.680. The van der Waals surface area contributed by atoms with Crippen LogP contribution in [0.15, 0.2) is 24.3 Å². The maximum absolute atomic E-state index is 12.7. The zero-order chi connectivity index (χ0) is 9.90. The molecule has 2 radical (unpaired) electrons. The molecule has 1 aromatic rings. The Labute approximate surface area is 76.8 Å². The average molecular weight is 182 g/mol. The molecule has 4 heteroatoms. The predicted molar refractivity (Wildman–Crippen MR) is 47.6 cm³/mol. The van der Waals surface area contributed by atoms with Crippen LogP contribution in [0.4, 0.5) is 8.78 Å². The van der Waals surface area contributed by atoms with Crippen LogP contribution in [-0.4, -0.2) is 25.5 Å². The Balaban J connectivity index is 2.69. The second-order valence-corrected chi connectivity index (χ2v) is 2.93. The number of hydrogen-bond acceptors (Lipinski definition) is 1. The van der Waals surface area contributed by atoms with Crippen molar-refractivity contribution in [3.05, 3.63) is 29.8 Å². The molecule has 0 aliphatic heterocycles. The highest BCUT2D eigenvalue weighted by Crippen LogP contribution is 2.18. The molecule has 0 aliphatic carbocycles. The van der Waals surface area contributed by atoms with E-state index in [0.29, 0.717) is 11.0 Å². The first-order valence-corrected chi connectivity index (χ1v) is 3.86. The normalized spacial score (nSPS) is 11.6. The van der Waals surface area contributed by atoms with E-state index in [2.05, 4.69) is 0 Å². The largest absolute Gasteiger partial charge is 0.390 e. The summed E-state index contributed by atoms with van der Waals surface area (Å²) in [6.45, 7) is -1.13. The number of rotatable bonds is 3. The van der Waals surface area contributed by atoms with E-state index in [9.17, 15) is 8.78 Å². The predicted octanol–water partition coefficient (Wildman–Crippen LogP) is 0.650. The molecule has 0 heterocycles. The van der Waals surface area contributed by atoms with Gasteiger partial charge in [-0.15, -0.1) is 0 Å². The van der Waals surface area contributed by atoms with Crippen LogP contribution in [0, 0.1) is 0 Å². The van der Waals surface area contributed by atoms with Gasteiger partial charge in [-0.3, -0.25) is 0 Å². The number of aliphatic hydroxyl groups is 1. The maximum Gasteiger partial charge on any atom is 0.274 e. The Hall–Kier alpha value is -0.895. The van der Waals surface area contributed by atoms with E-state index in [1.165, 1.54) is 12.1 Å². The summed E-state index contributed by atoms with van der Waals surface area (Å²) in [6, 6.07) is 6.17. The Kier molecular flexibility index (Phi) is 3.04. The lowest BCUT2D eigenvalue weighted by Crippen LogP contribution is -2.24. The van der Waals surface area contributed by atoms with Gasteiger partial charge in [0.2, 0.25) is 0 Å². The van der Waals surface area contributed by atoms with Crippen molar-refractivity contribution in [1.82, 2.24) is 0 Å². The van der Waals surface area contributed by atoms with E-state index in [1.807, 2.05) is 0 Å². The van der Waals surface area contributed by atoms with E-state index in [-0.39, 0.29) is 0 Å². The summed E-state index contributed by atoms with van der Waals surface area (Å²) >= 11 is 0. The highest BCUT2D eigenvalue weighted by atomic mass is 19.3. The van der Waals surface area contributed by atoms with Crippen LogP contribution in [0.1, 0.15) is 5.56 Å². The highest BCUT2D eigenvalue weighted by Gasteiger charge is 2.27. The fourth-order valence-electron chi connectivity index (χ4n) is 0.990. The van der Waals surface area contributed by atoms with Gasteiger partial charge in [0, 0.05) is 6.42 Å². The molecule has 0 spiro atoms. The molecule has 1 nitrogen and oxygen atoms in total. The summed E-state index contributed by atoms with van der Waals surface area (Å²) in [7, 11) is 5.39. The third kappa shape index (κ3) is 3.15. The Morgan fingerprint density at radius 3 is 2.23 bits per heavy atom. The minimum absolute atomic E-state index is 0.455. The maximum atomic E-state index is 12.7. The van der Waals surface area contributed by atoms with Gasteiger partial charge < -0.3 is 5.11 Å². The Morgan fingerprint density at radius 2 is 1.77 bits per heavy atom. The fraction of sp³-hybridized carbons (Fsp3) is 0.333. The van der Waals surface area contributed by atoms with Crippen molar-refractivity contribution in [2.75, 3.05) is 6.61 Å². The molecule has 0 bridgehead atoms. The van der Waals surface area contributed by atoms with Crippen molar-refractivity contribution in [2.45, 2.75) is 12.3 Å². The van der Waals surface area contributed by atoms with Crippen LogP contribution in [0.3, 0.4) is 0 Å². The minimum Gasteiger partial charge on any atom is -0.390 e. The second kappa shape index (κ2) is 3.88. The molecular weight excluding hydrogens is 173 g/mol. The first-order valence-electron chi connectivity index (χ1n) is 3.86.